The first-order chi connectivity index (χ1) is 12.1. The average molecular weight is 380 g/mol. The fraction of sp³-hybridized carbons (Fsp3) is 0.316. The molecule has 1 aliphatic heterocycles. The van der Waals surface area contributed by atoms with E-state index in [0.29, 0.717) is 12.8 Å². The van der Waals surface area contributed by atoms with Gasteiger partial charge in [-0.2, -0.15) is 0 Å². The van der Waals surface area contributed by atoms with Crippen LogP contribution in [0.5, 0.6) is 5.75 Å². The largest absolute Gasteiger partial charge is 0.497 e. The van der Waals surface area contributed by atoms with Crippen molar-refractivity contribution in [3.05, 3.63) is 64.4 Å². The summed E-state index contributed by atoms with van der Waals surface area (Å²) in [5.41, 5.74) is 1.97. The number of carbonyl (C=O) groups excluding carboxylic acids is 1. The van der Waals surface area contributed by atoms with Gasteiger partial charge < -0.3 is 9.64 Å². The number of aryl methyl sites for hydroxylation is 1. The van der Waals surface area contributed by atoms with Crippen molar-refractivity contribution >= 4 is 29.3 Å². The lowest BCUT2D eigenvalue weighted by molar-refractivity contribution is -0.131. The number of thioether (sulfide) groups is 1. The van der Waals surface area contributed by atoms with Gasteiger partial charge >= 0.3 is 0 Å². The van der Waals surface area contributed by atoms with Crippen LogP contribution in [-0.2, 0) is 11.2 Å². The smallest absolute Gasteiger partial charge is 0.224 e. The molecule has 2 aromatic carbocycles. The van der Waals surface area contributed by atoms with Crippen LogP contribution < -0.4 is 4.74 Å². The summed E-state index contributed by atoms with van der Waals surface area (Å²) in [5, 5.41) is 0.132. The molecular weight excluding hydrogens is 361 g/mol. The minimum atomic E-state index is -0.438. The molecule has 1 unspecified atom stereocenters. The highest BCUT2D eigenvalue weighted by atomic mass is 35.5. The summed E-state index contributed by atoms with van der Waals surface area (Å²) in [5.74, 6) is 1.39. The van der Waals surface area contributed by atoms with Gasteiger partial charge in [0.2, 0.25) is 5.91 Å². The molecule has 6 heteroatoms. The van der Waals surface area contributed by atoms with E-state index in [9.17, 15) is 9.18 Å². The fourth-order valence-electron chi connectivity index (χ4n) is 2.86. The maximum absolute atomic E-state index is 13.2. The number of carbonyl (C=O) groups is 1. The number of nitrogens with zero attached hydrogens (tertiary/aromatic N) is 1. The molecular formula is C19H19ClFNO2S. The molecule has 1 aliphatic rings. The van der Waals surface area contributed by atoms with Gasteiger partial charge in [0.05, 0.1) is 12.1 Å². The van der Waals surface area contributed by atoms with Gasteiger partial charge in [0.15, 0.2) is 0 Å². The summed E-state index contributed by atoms with van der Waals surface area (Å²) >= 11 is 7.57. The van der Waals surface area contributed by atoms with Gasteiger partial charge in [-0.3, -0.25) is 4.79 Å². The molecule has 0 aromatic heterocycles. The molecule has 2 aromatic rings. The summed E-state index contributed by atoms with van der Waals surface area (Å²) < 4.78 is 18.4. The van der Waals surface area contributed by atoms with Gasteiger partial charge in [0, 0.05) is 18.7 Å². The van der Waals surface area contributed by atoms with Crippen molar-refractivity contribution < 1.29 is 13.9 Å². The van der Waals surface area contributed by atoms with Crippen LogP contribution in [0, 0.1) is 5.82 Å². The van der Waals surface area contributed by atoms with Crippen molar-refractivity contribution in [2.75, 3.05) is 19.4 Å². The van der Waals surface area contributed by atoms with E-state index in [1.54, 1.807) is 31.0 Å². The number of ether oxygens (including phenoxy) is 1. The lowest BCUT2D eigenvalue weighted by atomic mass is 10.1. The molecule has 25 heavy (non-hydrogen) atoms. The zero-order chi connectivity index (χ0) is 17.8. The Hall–Kier alpha value is -1.72. The van der Waals surface area contributed by atoms with Crippen LogP contribution in [0.4, 0.5) is 4.39 Å². The SMILES string of the molecule is COc1ccc(C2SCCN2C(=O)CCc2ccc(F)c(Cl)c2)cc1. The van der Waals surface area contributed by atoms with E-state index < -0.39 is 5.82 Å². The van der Waals surface area contributed by atoms with E-state index >= 15 is 0 Å². The van der Waals surface area contributed by atoms with Gasteiger partial charge in [0.1, 0.15) is 16.9 Å². The number of benzene rings is 2. The van der Waals surface area contributed by atoms with Crippen LogP contribution in [-0.4, -0.2) is 30.2 Å². The quantitative estimate of drug-likeness (QED) is 0.754. The zero-order valence-electron chi connectivity index (χ0n) is 13.9. The molecule has 0 saturated carbocycles. The summed E-state index contributed by atoms with van der Waals surface area (Å²) in [6.45, 7) is 0.740. The highest BCUT2D eigenvalue weighted by Crippen LogP contribution is 2.38. The molecule has 1 amide bonds. The van der Waals surface area contributed by atoms with Gasteiger partial charge in [-0.1, -0.05) is 29.8 Å². The maximum Gasteiger partial charge on any atom is 0.224 e. The molecule has 0 spiro atoms. The van der Waals surface area contributed by atoms with E-state index in [1.807, 2.05) is 29.2 Å². The summed E-state index contributed by atoms with van der Waals surface area (Å²) in [6, 6.07) is 12.4. The third-order valence-corrected chi connectivity index (χ3v) is 5.77. The zero-order valence-corrected chi connectivity index (χ0v) is 15.4. The molecule has 132 valence electrons. The lowest BCUT2D eigenvalue weighted by Gasteiger charge is -2.24. The molecule has 1 fully saturated rings. The molecule has 3 nitrogen and oxygen atoms in total. The fourth-order valence-corrected chi connectivity index (χ4v) is 4.34. The standard InChI is InChI=1S/C19H19ClFNO2S/c1-24-15-6-4-14(5-7-15)19-22(10-11-25-19)18(23)9-3-13-2-8-17(21)16(20)12-13/h2,4-8,12,19H,3,9-11H2,1H3. The predicted molar refractivity (Wildman–Crippen MR) is 99.6 cm³/mol. The predicted octanol–water partition coefficient (Wildman–Crippen LogP) is 4.69. The van der Waals surface area contributed by atoms with Crippen LogP contribution in [0.1, 0.15) is 22.9 Å². The van der Waals surface area contributed by atoms with E-state index in [-0.39, 0.29) is 16.3 Å². The number of hydrogen-bond acceptors (Lipinski definition) is 3. The third kappa shape index (κ3) is 4.28. The Morgan fingerprint density at radius 2 is 2.08 bits per heavy atom. The number of rotatable bonds is 5. The average Bonchev–Trinajstić information content (AvgIpc) is 3.12. The Balaban J connectivity index is 1.64. The number of methoxy groups -OCH3 is 1. The molecule has 0 radical (unpaired) electrons. The number of halogens is 2. The summed E-state index contributed by atoms with van der Waals surface area (Å²) in [7, 11) is 1.64. The normalized spacial score (nSPS) is 16.9. The van der Waals surface area contributed by atoms with E-state index in [4.69, 9.17) is 16.3 Å². The minimum absolute atomic E-state index is 0.0372. The Bertz CT molecular complexity index is 754. The van der Waals surface area contributed by atoms with Crippen LogP contribution in [0.15, 0.2) is 42.5 Å². The van der Waals surface area contributed by atoms with Crippen molar-refractivity contribution in [2.45, 2.75) is 18.2 Å². The highest BCUT2D eigenvalue weighted by molar-refractivity contribution is 7.99. The van der Waals surface area contributed by atoms with Crippen LogP contribution >= 0.6 is 23.4 Å². The summed E-state index contributed by atoms with van der Waals surface area (Å²) in [6.07, 6.45) is 0.935. The number of amides is 1. The Kier molecular flexibility index (Phi) is 5.86. The second-order valence-electron chi connectivity index (χ2n) is 5.83. The van der Waals surface area contributed by atoms with Gasteiger partial charge in [-0.15, -0.1) is 11.8 Å². The van der Waals surface area contributed by atoms with E-state index in [1.165, 1.54) is 6.07 Å². The molecule has 1 saturated heterocycles. The summed E-state index contributed by atoms with van der Waals surface area (Å²) in [4.78, 5) is 14.6. The Morgan fingerprint density at radius 1 is 1.32 bits per heavy atom. The number of hydrogen-bond donors (Lipinski definition) is 0. The molecule has 0 bridgehead atoms. The van der Waals surface area contributed by atoms with Crippen molar-refractivity contribution in [1.82, 2.24) is 4.90 Å². The van der Waals surface area contributed by atoms with E-state index in [0.717, 1.165) is 29.2 Å². The second-order valence-corrected chi connectivity index (χ2v) is 7.43. The Labute approximate surface area is 156 Å². The first kappa shape index (κ1) is 18.1. The van der Waals surface area contributed by atoms with Crippen molar-refractivity contribution in [3.8, 4) is 5.75 Å². The molecule has 1 atom stereocenters. The molecule has 0 aliphatic carbocycles. The van der Waals surface area contributed by atoms with Crippen LogP contribution in [0.2, 0.25) is 5.02 Å². The molecule has 3 rings (SSSR count). The van der Waals surface area contributed by atoms with Gasteiger partial charge in [-0.25, -0.2) is 4.39 Å². The molecule has 1 heterocycles. The van der Waals surface area contributed by atoms with Crippen molar-refractivity contribution in [3.63, 3.8) is 0 Å². The molecule has 0 N–H and O–H groups in total. The van der Waals surface area contributed by atoms with Crippen molar-refractivity contribution in [1.29, 1.82) is 0 Å². The van der Waals surface area contributed by atoms with Crippen molar-refractivity contribution in [2.24, 2.45) is 0 Å². The van der Waals surface area contributed by atoms with Gasteiger partial charge in [-0.05, 0) is 41.8 Å². The maximum atomic E-state index is 13.2. The second kappa shape index (κ2) is 8.11. The topological polar surface area (TPSA) is 29.5 Å². The monoisotopic (exact) mass is 379 g/mol. The third-order valence-electron chi connectivity index (χ3n) is 4.22. The first-order valence-corrected chi connectivity index (χ1v) is 9.50. The van der Waals surface area contributed by atoms with Crippen LogP contribution in [0.25, 0.3) is 0 Å². The minimum Gasteiger partial charge on any atom is -0.497 e. The van der Waals surface area contributed by atoms with Crippen LogP contribution in [0.3, 0.4) is 0 Å². The Morgan fingerprint density at radius 3 is 2.76 bits per heavy atom. The first-order valence-electron chi connectivity index (χ1n) is 8.07. The lowest BCUT2D eigenvalue weighted by Crippen LogP contribution is -2.30. The highest BCUT2D eigenvalue weighted by Gasteiger charge is 2.30. The van der Waals surface area contributed by atoms with Gasteiger partial charge in [0.25, 0.3) is 0 Å². The van der Waals surface area contributed by atoms with E-state index in [2.05, 4.69) is 0 Å².